The summed E-state index contributed by atoms with van der Waals surface area (Å²) < 4.78 is 2.63. The van der Waals surface area contributed by atoms with Gasteiger partial charge in [-0.3, -0.25) is 0 Å². The lowest BCUT2D eigenvalue weighted by molar-refractivity contribution is 0.660. The summed E-state index contributed by atoms with van der Waals surface area (Å²) in [5.41, 5.74) is 14.4. The van der Waals surface area contributed by atoms with Crippen molar-refractivity contribution in [1.29, 1.82) is 0 Å². The summed E-state index contributed by atoms with van der Waals surface area (Å²) in [5, 5.41) is 5.24. The molecular weight excluding hydrogens is 599 g/mol. The van der Waals surface area contributed by atoms with Crippen molar-refractivity contribution in [3.05, 3.63) is 162 Å². The predicted octanol–water partition coefficient (Wildman–Crippen LogP) is 13.3. The van der Waals surface area contributed by atoms with Gasteiger partial charge in [0.2, 0.25) is 0 Å². The van der Waals surface area contributed by atoms with Gasteiger partial charge in [-0.15, -0.1) is 11.3 Å². The Hall–Kier alpha value is -5.18. The van der Waals surface area contributed by atoms with E-state index in [9.17, 15) is 0 Å². The van der Waals surface area contributed by atoms with Crippen LogP contribution in [-0.4, -0.2) is 0 Å². The first-order valence-electron chi connectivity index (χ1n) is 17.0. The standard InChI is InChI=1S/C46H35NS/c1-45(2)34-21-10-7-18-32(34)41-36(45)23-14-24-37(41)47(38-25-13-20-31-30-17-9-12-26-40(30)48-44(31)38)39-27-28-15-5-6-16-29(28)43-42(39)33-19-8-11-22-35(33)46(43,3)4/h5-27H,1-4H3. The number of thiophene rings is 1. The first-order valence-corrected chi connectivity index (χ1v) is 17.8. The molecule has 0 N–H and O–H groups in total. The highest BCUT2D eigenvalue weighted by Gasteiger charge is 2.42. The van der Waals surface area contributed by atoms with Gasteiger partial charge in [-0.1, -0.05) is 143 Å². The molecule has 1 nitrogen and oxygen atoms in total. The van der Waals surface area contributed by atoms with Crippen molar-refractivity contribution in [1.82, 2.24) is 0 Å². The van der Waals surface area contributed by atoms with Crippen LogP contribution in [0.2, 0.25) is 0 Å². The van der Waals surface area contributed by atoms with Gasteiger partial charge in [0.1, 0.15) is 0 Å². The molecule has 0 spiro atoms. The van der Waals surface area contributed by atoms with Crippen molar-refractivity contribution >= 4 is 59.3 Å². The number of hydrogen-bond donors (Lipinski definition) is 0. The highest BCUT2D eigenvalue weighted by Crippen LogP contribution is 2.60. The molecule has 2 aliphatic rings. The van der Waals surface area contributed by atoms with Gasteiger partial charge >= 0.3 is 0 Å². The average Bonchev–Trinajstić information content (AvgIpc) is 3.69. The number of hydrogen-bond acceptors (Lipinski definition) is 2. The van der Waals surface area contributed by atoms with Gasteiger partial charge < -0.3 is 4.90 Å². The second-order valence-electron chi connectivity index (χ2n) is 14.5. The summed E-state index contributed by atoms with van der Waals surface area (Å²) in [6.07, 6.45) is 0. The minimum absolute atomic E-state index is 0.100. The van der Waals surface area contributed by atoms with Crippen LogP contribution in [0.3, 0.4) is 0 Å². The van der Waals surface area contributed by atoms with Crippen LogP contribution < -0.4 is 4.90 Å². The maximum absolute atomic E-state index is 2.62. The molecule has 0 bridgehead atoms. The van der Waals surface area contributed by atoms with Crippen LogP contribution >= 0.6 is 11.3 Å². The molecule has 0 saturated heterocycles. The predicted molar refractivity (Wildman–Crippen MR) is 207 cm³/mol. The number of benzene rings is 7. The van der Waals surface area contributed by atoms with E-state index >= 15 is 0 Å². The summed E-state index contributed by atoms with van der Waals surface area (Å²) in [5.74, 6) is 0. The number of fused-ring (bicyclic) bond motifs is 11. The second-order valence-corrected chi connectivity index (χ2v) is 15.5. The third kappa shape index (κ3) is 3.56. The van der Waals surface area contributed by atoms with E-state index in [1.807, 2.05) is 11.3 Å². The Kier molecular flexibility index (Phi) is 5.63. The molecule has 8 aromatic rings. The van der Waals surface area contributed by atoms with Crippen LogP contribution in [0.25, 0.3) is 53.2 Å². The van der Waals surface area contributed by atoms with Gasteiger partial charge in [-0.05, 0) is 68.4 Å². The molecule has 0 aliphatic heterocycles. The highest BCUT2D eigenvalue weighted by atomic mass is 32.1. The third-order valence-corrected chi connectivity index (χ3v) is 12.4. The van der Waals surface area contributed by atoms with E-state index in [1.54, 1.807) is 0 Å². The van der Waals surface area contributed by atoms with E-state index in [2.05, 4.69) is 172 Å². The largest absolute Gasteiger partial charge is 0.308 e. The van der Waals surface area contributed by atoms with Crippen molar-refractivity contribution in [2.24, 2.45) is 0 Å². The molecular formula is C46H35NS. The van der Waals surface area contributed by atoms with Crippen LogP contribution in [-0.2, 0) is 10.8 Å². The van der Waals surface area contributed by atoms with Gasteiger partial charge in [0.25, 0.3) is 0 Å². The fraction of sp³-hybridized carbons (Fsp3) is 0.130. The quantitative estimate of drug-likeness (QED) is 0.187. The van der Waals surface area contributed by atoms with Crippen LogP contribution in [0.1, 0.15) is 49.9 Å². The normalized spacial score (nSPS) is 15.0. The Labute approximate surface area is 285 Å². The Bertz CT molecular complexity index is 2630. The van der Waals surface area contributed by atoms with Crippen molar-refractivity contribution in [2.45, 2.75) is 38.5 Å². The SMILES string of the molecule is CC1(C)c2ccccc2-c2c(N(c3cc4ccccc4c4c3-c3ccccc3C4(C)C)c3cccc4c3sc3ccccc34)cccc21. The lowest BCUT2D eigenvalue weighted by atomic mass is 9.80. The maximum atomic E-state index is 2.62. The van der Waals surface area contributed by atoms with E-state index in [1.165, 1.54) is 92.5 Å². The molecule has 7 aromatic carbocycles. The van der Waals surface area contributed by atoms with Gasteiger partial charge in [0.15, 0.2) is 0 Å². The zero-order valence-corrected chi connectivity index (χ0v) is 28.5. The Morgan fingerprint density at radius 1 is 0.458 bits per heavy atom. The molecule has 230 valence electrons. The molecule has 0 radical (unpaired) electrons. The van der Waals surface area contributed by atoms with Crippen molar-refractivity contribution < 1.29 is 0 Å². The molecule has 1 aromatic heterocycles. The van der Waals surface area contributed by atoms with Crippen LogP contribution in [0, 0.1) is 0 Å². The number of nitrogens with zero attached hydrogens (tertiary/aromatic N) is 1. The molecule has 0 amide bonds. The van der Waals surface area contributed by atoms with Gasteiger partial charge in [-0.25, -0.2) is 0 Å². The molecule has 1 heterocycles. The third-order valence-electron chi connectivity index (χ3n) is 11.2. The lowest BCUT2D eigenvalue weighted by Gasteiger charge is -2.32. The Morgan fingerprint density at radius 3 is 1.85 bits per heavy atom. The topological polar surface area (TPSA) is 3.24 Å². The minimum Gasteiger partial charge on any atom is -0.308 e. The van der Waals surface area contributed by atoms with E-state index in [-0.39, 0.29) is 10.8 Å². The molecule has 10 rings (SSSR count). The Balaban J connectivity index is 1.40. The fourth-order valence-electron chi connectivity index (χ4n) is 9.03. The minimum atomic E-state index is -0.149. The molecule has 0 atom stereocenters. The first-order chi connectivity index (χ1) is 23.4. The molecule has 0 fully saturated rings. The first kappa shape index (κ1) is 27.9. The fourth-order valence-corrected chi connectivity index (χ4v) is 10.2. The smallest absolute Gasteiger partial charge is 0.0640 e. The molecule has 2 aliphatic carbocycles. The van der Waals surface area contributed by atoms with E-state index in [0.717, 1.165) is 0 Å². The zero-order valence-electron chi connectivity index (χ0n) is 27.6. The zero-order chi connectivity index (χ0) is 32.4. The van der Waals surface area contributed by atoms with E-state index in [0.29, 0.717) is 0 Å². The van der Waals surface area contributed by atoms with E-state index in [4.69, 9.17) is 0 Å². The monoisotopic (exact) mass is 633 g/mol. The summed E-state index contributed by atoms with van der Waals surface area (Å²) in [6.45, 7) is 9.57. The summed E-state index contributed by atoms with van der Waals surface area (Å²) in [7, 11) is 0. The van der Waals surface area contributed by atoms with Crippen molar-refractivity contribution in [3.8, 4) is 22.3 Å². The lowest BCUT2D eigenvalue weighted by Crippen LogP contribution is -2.18. The van der Waals surface area contributed by atoms with Crippen molar-refractivity contribution in [2.75, 3.05) is 4.90 Å². The number of anilines is 3. The van der Waals surface area contributed by atoms with Gasteiger partial charge in [0, 0.05) is 37.4 Å². The van der Waals surface area contributed by atoms with Gasteiger partial charge in [0.05, 0.1) is 21.8 Å². The van der Waals surface area contributed by atoms with Crippen molar-refractivity contribution in [3.63, 3.8) is 0 Å². The molecule has 0 unspecified atom stereocenters. The second kappa shape index (κ2) is 9.69. The van der Waals surface area contributed by atoms with Crippen LogP contribution in [0.4, 0.5) is 17.1 Å². The van der Waals surface area contributed by atoms with Crippen LogP contribution in [0.15, 0.2) is 140 Å². The molecule has 0 saturated carbocycles. The highest BCUT2D eigenvalue weighted by molar-refractivity contribution is 7.26. The maximum Gasteiger partial charge on any atom is 0.0640 e. The summed E-state index contributed by atoms with van der Waals surface area (Å²) in [4.78, 5) is 2.62. The summed E-state index contributed by atoms with van der Waals surface area (Å²) >= 11 is 1.91. The average molecular weight is 634 g/mol. The van der Waals surface area contributed by atoms with Gasteiger partial charge in [-0.2, -0.15) is 0 Å². The number of rotatable bonds is 3. The Morgan fingerprint density at radius 2 is 1.04 bits per heavy atom. The van der Waals surface area contributed by atoms with E-state index < -0.39 is 0 Å². The molecule has 2 heteroatoms. The summed E-state index contributed by atoms with van der Waals surface area (Å²) in [6, 6.07) is 52.3. The van der Waals surface area contributed by atoms with Crippen LogP contribution in [0.5, 0.6) is 0 Å². The molecule has 48 heavy (non-hydrogen) atoms.